The highest BCUT2D eigenvalue weighted by molar-refractivity contribution is 7.12. The number of hydrogen-bond donors (Lipinski definition) is 1. The van der Waals surface area contributed by atoms with Gasteiger partial charge in [-0.2, -0.15) is 0 Å². The first-order valence-corrected chi connectivity index (χ1v) is 9.75. The second-order valence-electron chi connectivity index (χ2n) is 6.22. The van der Waals surface area contributed by atoms with Gasteiger partial charge < -0.3 is 10.1 Å². The van der Waals surface area contributed by atoms with Gasteiger partial charge in [-0.15, -0.1) is 11.3 Å². The summed E-state index contributed by atoms with van der Waals surface area (Å²) in [5, 5.41) is 3.92. The molecule has 140 valence electrons. The van der Waals surface area contributed by atoms with Gasteiger partial charge >= 0.3 is 0 Å². The molecule has 3 rings (SSSR count). The van der Waals surface area contributed by atoms with E-state index in [1.807, 2.05) is 26.0 Å². The monoisotopic (exact) mass is 381 g/mol. The predicted molar refractivity (Wildman–Crippen MR) is 108 cm³/mol. The van der Waals surface area contributed by atoms with Crippen molar-refractivity contribution >= 4 is 17.2 Å². The highest BCUT2D eigenvalue weighted by atomic mass is 32.1. The topological polar surface area (TPSA) is 64.1 Å². The number of ether oxygens (including phenoxy) is 1. The van der Waals surface area contributed by atoms with E-state index in [2.05, 4.69) is 46.5 Å². The molecule has 1 aromatic carbocycles. The molecule has 0 aliphatic heterocycles. The molecule has 0 saturated carbocycles. The van der Waals surface area contributed by atoms with Gasteiger partial charge in [-0.05, 0) is 26.8 Å². The molecule has 6 heteroatoms. The number of nitrogens with one attached hydrogen (secondary N) is 1. The van der Waals surface area contributed by atoms with Crippen molar-refractivity contribution in [3.63, 3.8) is 0 Å². The molecule has 0 aliphatic rings. The van der Waals surface area contributed by atoms with E-state index < -0.39 is 0 Å². The standard InChI is InChI=1S/C21H23N3O2S/c1-4-26-21-17(6-5-11-22-21)13-23-19(25)12-18-20(24-15(3)27-18)16-9-7-14(2)8-10-16/h5-11H,4,12-13H2,1-3H3,(H,23,25). The fourth-order valence-corrected chi connectivity index (χ4v) is 3.71. The van der Waals surface area contributed by atoms with Crippen LogP contribution < -0.4 is 10.1 Å². The second-order valence-corrected chi connectivity index (χ2v) is 7.51. The number of aromatic nitrogens is 2. The lowest BCUT2D eigenvalue weighted by atomic mass is 10.1. The van der Waals surface area contributed by atoms with E-state index >= 15 is 0 Å². The molecule has 0 spiro atoms. The fraction of sp³-hybridized carbons (Fsp3) is 0.286. The average molecular weight is 382 g/mol. The predicted octanol–water partition coefficient (Wildman–Crippen LogP) is 4.08. The van der Waals surface area contributed by atoms with Gasteiger partial charge in [-0.1, -0.05) is 35.9 Å². The third-order valence-corrected chi connectivity index (χ3v) is 5.03. The highest BCUT2D eigenvalue weighted by Gasteiger charge is 2.15. The first-order valence-electron chi connectivity index (χ1n) is 8.93. The van der Waals surface area contributed by atoms with E-state index in [4.69, 9.17) is 4.74 Å². The van der Waals surface area contributed by atoms with Crippen LogP contribution in [0.3, 0.4) is 0 Å². The summed E-state index contributed by atoms with van der Waals surface area (Å²) in [7, 11) is 0. The van der Waals surface area contributed by atoms with Crippen molar-refractivity contribution in [2.24, 2.45) is 0 Å². The molecule has 1 N–H and O–H groups in total. The zero-order chi connectivity index (χ0) is 19.2. The van der Waals surface area contributed by atoms with Crippen molar-refractivity contribution in [2.45, 2.75) is 33.7 Å². The van der Waals surface area contributed by atoms with E-state index in [0.29, 0.717) is 25.5 Å². The lowest BCUT2D eigenvalue weighted by Gasteiger charge is -2.10. The third kappa shape index (κ3) is 4.92. The third-order valence-electron chi connectivity index (χ3n) is 4.06. The van der Waals surface area contributed by atoms with Crippen LogP contribution in [0.2, 0.25) is 0 Å². The van der Waals surface area contributed by atoms with E-state index in [1.54, 1.807) is 17.5 Å². The van der Waals surface area contributed by atoms with Gasteiger partial charge in [0.1, 0.15) is 0 Å². The van der Waals surface area contributed by atoms with Gasteiger partial charge in [0.05, 0.1) is 23.7 Å². The van der Waals surface area contributed by atoms with Crippen molar-refractivity contribution in [3.05, 3.63) is 63.6 Å². The Balaban J connectivity index is 1.69. The van der Waals surface area contributed by atoms with Crippen molar-refractivity contribution in [3.8, 4) is 17.1 Å². The lowest BCUT2D eigenvalue weighted by molar-refractivity contribution is -0.120. The number of benzene rings is 1. The number of pyridine rings is 1. The molecular formula is C21H23N3O2S. The maximum atomic E-state index is 12.5. The number of hydrogen-bond acceptors (Lipinski definition) is 5. The number of carbonyl (C=O) groups is 1. The molecular weight excluding hydrogens is 358 g/mol. The molecule has 0 fully saturated rings. The summed E-state index contributed by atoms with van der Waals surface area (Å²) < 4.78 is 5.51. The Labute approximate surface area is 163 Å². The first-order chi connectivity index (χ1) is 13.1. The number of thiazole rings is 1. The summed E-state index contributed by atoms with van der Waals surface area (Å²) in [6.45, 7) is 6.86. The van der Waals surface area contributed by atoms with Crippen LogP contribution in [0.5, 0.6) is 5.88 Å². The summed E-state index contributed by atoms with van der Waals surface area (Å²) in [5.41, 5.74) is 4.00. The fourth-order valence-electron chi connectivity index (χ4n) is 2.75. The number of aryl methyl sites for hydroxylation is 2. The van der Waals surface area contributed by atoms with E-state index in [1.165, 1.54) is 5.56 Å². The molecule has 0 saturated heterocycles. The largest absolute Gasteiger partial charge is 0.478 e. The minimum atomic E-state index is -0.0432. The van der Waals surface area contributed by atoms with Gasteiger partial charge in [-0.25, -0.2) is 9.97 Å². The van der Waals surface area contributed by atoms with Crippen molar-refractivity contribution in [2.75, 3.05) is 6.61 Å². The Morgan fingerprint density at radius 3 is 2.70 bits per heavy atom. The zero-order valence-electron chi connectivity index (χ0n) is 15.8. The van der Waals surface area contributed by atoms with Crippen LogP contribution in [0.1, 0.15) is 27.9 Å². The van der Waals surface area contributed by atoms with Gasteiger partial charge in [0.25, 0.3) is 0 Å². The summed E-state index contributed by atoms with van der Waals surface area (Å²) >= 11 is 1.57. The van der Waals surface area contributed by atoms with Crippen LogP contribution >= 0.6 is 11.3 Å². The number of nitrogens with zero attached hydrogens (tertiary/aromatic N) is 2. The van der Waals surface area contributed by atoms with Gasteiger partial charge in [0.2, 0.25) is 11.8 Å². The van der Waals surface area contributed by atoms with E-state index in [0.717, 1.165) is 26.7 Å². The first kappa shape index (κ1) is 19.0. The summed E-state index contributed by atoms with van der Waals surface area (Å²) in [6.07, 6.45) is 1.99. The quantitative estimate of drug-likeness (QED) is 0.670. The molecule has 0 radical (unpaired) electrons. The summed E-state index contributed by atoms with van der Waals surface area (Å²) in [4.78, 5) is 22.3. The summed E-state index contributed by atoms with van der Waals surface area (Å²) in [5.74, 6) is 0.521. The zero-order valence-corrected chi connectivity index (χ0v) is 16.6. The van der Waals surface area contributed by atoms with E-state index in [-0.39, 0.29) is 5.91 Å². The molecule has 1 amide bonds. The Hall–Kier alpha value is -2.73. The number of amides is 1. The van der Waals surface area contributed by atoms with Crippen molar-refractivity contribution in [1.82, 2.24) is 15.3 Å². The van der Waals surface area contributed by atoms with Crippen LogP contribution in [0.4, 0.5) is 0 Å². The molecule has 2 heterocycles. The maximum absolute atomic E-state index is 12.5. The molecule has 0 bridgehead atoms. The van der Waals surface area contributed by atoms with Crippen LogP contribution in [0.15, 0.2) is 42.6 Å². The highest BCUT2D eigenvalue weighted by Crippen LogP contribution is 2.28. The van der Waals surface area contributed by atoms with Crippen LogP contribution in [-0.4, -0.2) is 22.5 Å². The average Bonchev–Trinajstić information content (AvgIpc) is 3.02. The lowest BCUT2D eigenvalue weighted by Crippen LogP contribution is -2.24. The molecule has 0 aliphatic carbocycles. The molecule has 0 unspecified atom stereocenters. The van der Waals surface area contributed by atoms with Crippen LogP contribution in [0.25, 0.3) is 11.3 Å². The number of carbonyl (C=O) groups excluding carboxylic acids is 1. The van der Waals surface area contributed by atoms with Crippen molar-refractivity contribution < 1.29 is 9.53 Å². The Morgan fingerprint density at radius 2 is 1.96 bits per heavy atom. The molecule has 0 atom stereocenters. The van der Waals surface area contributed by atoms with Gasteiger partial charge in [0.15, 0.2) is 0 Å². The Morgan fingerprint density at radius 1 is 1.19 bits per heavy atom. The Bertz CT molecular complexity index is 919. The molecule has 5 nitrogen and oxygen atoms in total. The smallest absolute Gasteiger partial charge is 0.225 e. The maximum Gasteiger partial charge on any atom is 0.225 e. The Kier molecular flexibility index (Phi) is 6.19. The minimum absolute atomic E-state index is 0.0432. The normalized spacial score (nSPS) is 10.6. The molecule has 27 heavy (non-hydrogen) atoms. The van der Waals surface area contributed by atoms with Crippen molar-refractivity contribution in [1.29, 1.82) is 0 Å². The van der Waals surface area contributed by atoms with Gasteiger partial charge in [-0.3, -0.25) is 4.79 Å². The van der Waals surface area contributed by atoms with Crippen LogP contribution in [-0.2, 0) is 17.8 Å². The van der Waals surface area contributed by atoms with Crippen LogP contribution in [0, 0.1) is 13.8 Å². The SMILES string of the molecule is CCOc1ncccc1CNC(=O)Cc1sc(C)nc1-c1ccc(C)cc1. The molecule has 3 aromatic rings. The summed E-state index contributed by atoms with van der Waals surface area (Å²) in [6, 6.07) is 12.0. The van der Waals surface area contributed by atoms with E-state index in [9.17, 15) is 4.79 Å². The minimum Gasteiger partial charge on any atom is -0.478 e. The second kappa shape index (κ2) is 8.77. The van der Waals surface area contributed by atoms with Gasteiger partial charge in [0, 0.05) is 28.7 Å². The molecule has 2 aromatic heterocycles. The number of rotatable bonds is 7.